The van der Waals surface area contributed by atoms with E-state index in [-0.39, 0.29) is 6.04 Å². The number of hydrogen-bond donors (Lipinski definition) is 1. The molecule has 2 aromatic rings. The molecule has 0 spiro atoms. The van der Waals surface area contributed by atoms with Crippen LogP contribution in [0.15, 0.2) is 54.4 Å². The Morgan fingerprint density at radius 3 is 2.71 bits per heavy atom. The van der Waals surface area contributed by atoms with Gasteiger partial charge >= 0.3 is 0 Å². The normalized spacial score (nSPS) is 20.6. The summed E-state index contributed by atoms with van der Waals surface area (Å²) in [6, 6.07) is 12.9. The number of benzene rings is 1. The second kappa shape index (κ2) is 6.02. The van der Waals surface area contributed by atoms with Crippen molar-refractivity contribution >= 4 is 17.6 Å². The third-order valence-electron chi connectivity index (χ3n) is 4.52. The lowest BCUT2D eigenvalue weighted by Gasteiger charge is -2.39. The van der Waals surface area contributed by atoms with Gasteiger partial charge in [-0.15, -0.1) is 0 Å². The van der Waals surface area contributed by atoms with E-state index < -0.39 is 11.6 Å². The molecule has 1 atom stereocenters. The van der Waals surface area contributed by atoms with Crippen LogP contribution in [0, 0.1) is 0 Å². The number of Topliss-reactive ketones (excluding diaryl/α,β-unsaturated/α-hetero) is 2. The first-order chi connectivity index (χ1) is 11.8. The lowest BCUT2D eigenvalue weighted by molar-refractivity contribution is -0.113. The number of nitrogens with zero attached hydrogens (tertiary/aromatic N) is 2. The van der Waals surface area contributed by atoms with E-state index in [1.54, 1.807) is 18.3 Å². The number of allylic oxidation sites excluding steroid dienone is 1. The average molecular weight is 319 g/mol. The molecular formula is C19H17N3O2. The number of piperazine rings is 1. The minimum atomic E-state index is -0.434. The summed E-state index contributed by atoms with van der Waals surface area (Å²) >= 11 is 0. The first kappa shape index (κ1) is 14.8. The Hall–Kier alpha value is -2.79. The van der Waals surface area contributed by atoms with E-state index >= 15 is 0 Å². The molecule has 5 heteroatoms. The van der Waals surface area contributed by atoms with Gasteiger partial charge in [0.1, 0.15) is 0 Å². The van der Waals surface area contributed by atoms with Crippen molar-refractivity contribution in [3.05, 3.63) is 71.2 Å². The van der Waals surface area contributed by atoms with Crippen molar-refractivity contribution in [3.63, 3.8) is 0 Å². The lowest BCUT2D eigenvalue weighted by atomic mass is 9.91. The number of hydrogen-bond acceptors (Lipinski definition) is 5. The summed E-state index contributed by atoms with van der Waals surface area (Å²) in [6.07, 6.45) is 3.58. The molecule has 1 aromatic heterocycles. The first-order valence-corrected chi connectivity index (χ1v) is 8.04. The van der Waals surface area contributed by atoms with Gasteiger partial charge in [0.15, 0.2) is 0 Å². The van der Waals surface area contributed by atoms with Crippen LogP contribution in [0.2, 0.25) is 0 Å². The zero-order valence-electron chi connectivity index (χ0n) is 13.1. The molecule has 2 heterocycles. The maximum absolute atomic E-state index is 12.7. The van der Waals surface area contributed by atoms with E-state index in [9.17, 15) is 9.59 Å². The molecule has 1 saturated heterocycles. The van der Waals surface area contributed by atoms with Gasteiger partial charge < -0.3 is 10.2 Å². The molecule has 1 aromatic carbocycles. The van der Waals surface area contributed by atoms with Gasteiger partial charge in [-0.1, -0.05) is 30.3 Å². The van der Waals surface area contributed by atoms with E-state index in [1.165, 1.54) is 0 Å². The van der Waals surface area contributed by atoms with E-state index in [0.29, 0.717) is 24.4 Å². The fraction of sp³-hybridized carbons (Fsp3) is 0.211. The molecular weight excluding hydrogens is 302 g/mol. The summed E-state index contributed by atoms with van der Waals surface area (Å²) in [5.74, 6) is -0.863. The highest BCUT2D eigenvalue weighted by Gasteiger charge is 2.35. The van der Waals surface area contributed by atoms with E-state index in [0.717, 1.165) is 17.8 Å². The molecule has 1 aliphatic heterocycles. The summed E-state index contributed by atoms with van der Waals surface area (Å²) < 4.78 is 0. The van der Waals surface area contributed by atoms with Crippen LogP contribution >= 0.6 is 0 Å². The average Bonchev–Trinajstić information content (AvgIpc) is 2.65. The van der Waals surface area contributed by atoms with Crippen LogP contribution in [0.5, 0.6) is 0 Å². The van der Waals surface area contributed by atoms with Crippen molar-refractivity contribution in [1.82, 2.24) is 15.2 Å². The number of nitrogens with one attached hydrogen (secondary N) is 1. The Morgan fingerprint density at radius 2 is 1.88 bits per heavy atom. The van der Waals surface area contributed by atoms with Gasteiger partial charge in [-0.2, -0.15) is 0 Å². The molecule has 24 heavy (non-hydrogen) atoms. The van der Waals surface area contributed by atoms with Gasteiger partial charge in [0.05, 0.1) is 17.4 Å². The first-order valence-electron chi connectivity index (χ1n) is 8.04. The van der Waals surface area contributed by atoms with Crippen molar-refractivity contribution in [2.45, 2.75) is 6.04 Å². The van der Waals surface area contributed by atoms with Gasteiger partial charge in [-0.25, -0.2) is 0 Å². The van der Waals surface area contributed by atoms with Crippen molar-refractivity contribution < 1.29 is 9.59 Å². The highest BCUT2D eigenvalue weighted by atomic mass is 16.2. The number of carbonyl (C=O) groups is 2. The van der Waals surface area contributed by atoms with Gasteiger partial charge in [-0.05, 0) is 23.8 Å². The van der Waals surface area contributed by atoms with Crippen LogP contribution in [-0.4, -0.2) is 41.1 Å². The second-order valence-corrected chi connectivity index (χ2v) is 5.94. The van der Waals surface area contributed by atoms with E-state index in [4.69, 9.17) is 0 Å². The standard InChI is InChI=1S/C19H17N3O2/c23-18-14-6-2-1-5-13(14)11-16(19(18)24)22-10-9-20-12-17(22)15-7-3-4-8-21-15/h1-8,11,17,20H,9-10,12H2. The minimum absolute atomic E-state index is 0.0618. The van der Waals surface area contributed by atoms with Crippen LogP contribution in [0.3, 0.4) is 0 Å². The number of carbonyl (C=O) groups excluding carboxylic acids is 2. The molecule has 0 saturated carbocycles. The molecule has 2 aliphatic rings. The van der Waals surface area contributed by atoms with Gasteiger partial charge in [0, 0.05) is 31.4 Å². The SMILES string of the molecule is O=C1C(=O)c2ccccc2C=C1N1CCNCC1c1ccccn1. The topological polar surface area (TPSA) is 62.3 Å². The molecule has 0 amide bonds. The molecule has 1 fully saturated rings. The number of aromatic nitrogens is 1. The van der Waals surface area contributed by atoms with Crippen LogP contribution in [0.25, 0.3) is 6.08 Å². The van der Waals surface area contributed by atoms with Crippen molar-refractivity contribution in [3.8, 4) is 0 Å². The van der Waals surface area contributed by atoms with E-state index in [2.05, 4.69) is 10.3 Å². The maximum atomic E-state index is 12.7. The van der Waals surface area contributed by atoms with Gasteiger partial charge in [0.2, 0.25) is 11.6 Å². The largest absolute Gasteiger partial charge is 0.357 e. The zero-order valence-corrected chi connectivity index (χ0v) is 13.1. The Labute approximate surface area is 140 Å². The molecule has 1 N–H and O–H groups in total. The summed E-state index contributed by atoms with van der Waals surface area (Å²) in [5.41, 5.74) is 2.65. The quantitative estimate of drug-likeness (QED) is 0.856. The Morgan fingerprint density at radius 1 is 1.04 bits per heavy atom. The molecule has 4 rings (SSSR count). The van der Waals surface area contributed by atoms with E-state index in [1.807, 2.05) is 41.3 Å². The summed E-state index contributed by atoms with van der Waals surface area (Å²) in [4.78, 5) is 31.6. The van der Waals surface area contributed by atoms with Crippen molar-refractivity contribution in [1.29, 1.82) is 0 Å². The smallest absolute Gasteiger partial charge is 0.249 e. The van der Waals surface area contributed by atoms with Crippen molar-refractivity contribution in [2.24, 2.45) is 0 Å². The summed E-state index contributed by atoms with van der Waals surface area (Å²) in [7, 11) is 0. The Kier molecular flexibility index (Phi) is 3.70. The fourth-order valence-corrected chi connectivity index (χ4v) is 3.32. The van der Waals surface area contributed by atoms with Gasteiger partial charge in [-0.3, -0.25) is 14.6 Å². The van der Waals surface area contributed by atoms with Gasteiger partial charge in [0.25, 0.3) is 0 Å². The number of ketones is 2. The predicted molar refractivity (Wildman–Crippen MR) is 90.3 cm³/mol. The second-order valence-electron chi connectivity index (χ2n) is 5.94. The van der Waals surface area contributed by atoms with Crippen LogP contribution in [0.1, 0.15) is 27.7 Å². The minimum Gasteiger partial charge on any atom is -0.357 e. The molecule has 1 aliphatic carbocycles. The highest BCUT2D eigenvalue weighted by Crippen LogP contribution is 2.30. The number of rotatable bonds is 2. The number of pyridine rings is 1. The number of fused-ring (bicyclic) bond motifs is 1. The molecule has 0 bridgehead atoms. The zero-order chi connectivity index (χ0) is 16.5. The monoisotopic (exact) mass is 319 g/mol. The molecule has 120 valence electrons. The predicted octanol–water partition coefficient (Wildman–Crippen LogP) is 1.83. The molecule has 5 nitrogen and oxygen atoms in total. The Bertz CT molecular complexity index is 830. The summed E-state index contributed by atoms with van der Waals surface area (Å²) in [5, 5.41) is 3.34. The van der Waals surface area contributed by atoms with Crippen molar-refractivity contribution in [2.75, 3.05) is 19.6 Å². The maximum Gasteiger partial charge on any atom is 0.249 e. The highest BCUT2D eigenvalue weighted by molar-refractivity contribution is 6.51. The third-order valence-corrected chi connectivity index (χ3v) is 4.52. The Balaban J connectivity index is 1.77. The summed E-state index contributed by atoms with van der Waals surface area (Å²) in [6.45, 7) is 2.12. The van der Waals surface area contributed by atoms with Crippen LogP contribution in [-0.2, 0) is 4.79 Å². The lowest BCUT2D eigenvalue weighted by Crippen LogP contribution is -2.48. The third kappa shape index (κ3) is 2.43. The molecule has 1 unspecified atom stereocenters. The van der Waals surface area contributed by atoms with Crippen LogP contribution in [0.4, 0.5) is 0 Å². The molecule has 0 radical (unpaired) electrons. The fourth-order valence-electron chi connectivity index (χ4n) is 3.32. The van der Waals surface area contributed by atoms with Crippen LogP contribution < -0.4 is 5.32 Å².